The van der Waals surface area contributed by atoms with Gasteiger partial charge in [0.15, 0.2) is 0 Å². The van der Waals surface area contributed by atoms with Crippen molar-refractivity contribution in [1.82, 2.24) is 0 Å². The van der Waals surface area contributed by atoms with Crippen LogP contribution in [0.4, 0.5) is 5.69 Å². The Hall–Kier alpha value is -1.90. The van der Waals surface area contributed by atoms with Crippen LogP contribution in [-0.2, 0) is 9.59 Å². The zero-order valence-electron chi connectivity index (χ0n) is 10.5. The highest BCUT2D eigenvalue weighted by Crippen LogP contribution is 2.52. The first-order valence-electron chi connectivity index (χ1n) is 6.25. The Bertz CT molecular complexity index is 547. The predicted octanol–water partition coefficient (Wildman–Crippen LogP) is 2.39. The molecule has 0 spiro atoms. The van der Waals surface area contributed by atoms with Gasteiger partial charge in [-0.1, -0.05) is 36.8 Å². The molecule has 0 N–H and O–H groups in total. The Labute approximate surface area is 106 Å². The number of imide groups is 1. The van der Waals surface area contributed by atoms with Gasteiger partial charge in [-0.3, -0.25) is 9.59 Å². The molecule has 1 heterocycles. The van der Waals surface area contributed by atoms with Crippen LogP contribution in [0.5, 0.6) is 0 Å². The topological polar surface area (TPSA) is 37.4 Å². The monoisotopic (exact) mass is 241 g/mol. The average Bonchev–Trinajstić information content (AvgIpc) is 2.59. The van der Waals surface area contributed by atoms with E-state index < -0.39 is 0 Å². The highest BCUT2D eigenvalue weighted by atomic mass is 16.2. The Kier molecular flexibility index (Phi) is 2.37. The maximum Gasteiger partial charge on any atom is 0.241 e. The van der Waals surface area contributed by atoms with Crippen LogP contribution in [-0.4, -0.2) is 11.8 Å². The highest BCUT2D eigenvalue weighted by Gasteiger charge is 2.59. The van der Waals surface area contributed by atoms with Crippen molar-refractivity contribution in [3.8, 4) is 0 Å². The first kappa shape index (κ1) is 11.2. The van der Waals surface area contributed by atoms with E-state index in [1.54, 1.807) is 12.1 Å². The summed E-state index contributed by atoms with van der Waals surface area (Å²) in [4.78, 5) is 26.0. The maximum atomic E-state index is 12.4. The Balaban J connectivity index is 2.01. The number of nitrogens with zero attached hydrogens (tertiary/aromatic N) is 1. The van der Waals surface area contributed by atoms with E-state index in [1.807, 2.05) is 38.1 Å². The van der Waals surface area contributed by atoms with Crippen LogP contribution in [0.1, 0.15) is 13.8 Å². The molecule has 3 atom stereocenters. The van der Waals surface area contributed by atoms with E-state index >= 15 is 0 Å². The second-order valence-corrected chi connectivity index (χ2v) is 4.93. The Morgan fingerprint density at radius 3 is 2.39 bits per heavy atom. The van der Waals surface area contributed by atoms with Gasteiger partial charge in [-0.15, -0.1) is 0 Å². The van der Waals surface area contributed by atoms with Gasteiger partial charge in [0.1, 0.15) is 0 Å². The zero-order valence-corrected chi connectivity index (χ0v) is 10.5. The quantitative estimate of drug-likeness (QED) is 0.559. The smallest absolute Gasteiger partial charge is 0.241 e. The van der Waals surface area contributed by atoms with Crippen LogP contribution in [0.15, 0.2) is 42.0 Å². The lowest BCUT2D eigenvalue weighted by Crippen LogP contribution is -2.39. The van der Waals surface area contributed by atoms with Crippen LogP contribution >= 0.6 is 0 Å². The summed E-state index contributed by atoms with van der Waals surface area (Å²) in [6.45, 7) is 3.96. The molecule has 3 nitrogen and oxygen atoms in total. The van der Waals surface area contributed by atoms with Gasteiger partial charge >= 0.3 is 0 Å². The number of fused-ring (bicyclic) bond motifs is 1. The number of carbonyl (C=O) groups is 2. The largest absolute Gasteiger partial charge is 0.274 e. The minimum Gasteiger partial charge on any atom is -0.274 e. The van der Waals surface area contributed by atoms with E-state index in [9.17, 15) is 9.59 Å². The molecular formula is C15H15NO2. The fourth-order valence-corrected chi connectivity index (χ4v) is 3.19. The molecule has 0 aromatic heterocycles. The number of hydrogen-bond acceptors (Lipinski definition) is 2. The fraction of sp³-hybridized carbons (Fsp3) is 0.333. The van der Waals surface area contributed by atoms with Crippen molar-refractivity contribution in [1.29, 1.82) is 0 Å². The number of carbonyl (C=O) groups excluding carboxylic acids is 2. The summed E-state index contributed by atoms with van der Waals surface area (Å²) in [7, 11) is 0. The van der Waals surface area contributed by atoms with E-state index in [0.717, 1.165) is 5.57 Å². The Morgan fingerprint density at radius 2 is 1.78 bits per heavy atom. The van der Waals surface area contributed by atoms with Gasteiger partial charge in [0.25, 0.3) is 0 Å². The maximum absolute atomic E-state index is 12.4. The van der Waals surface area contributed by atoms with Crippen LogP contribution in [0.3, 0.4) is 0 Å². The van der Waals surface area contributed by atoms with Gasteiger partial charge in [0.2, 0.25) is 11.8 Å². The number of rotatable bonds is 1. The van der Waals surface area contributed by atoms with Gasteiger partial charge in [0, 0.05) is 0 Å². The second kappa shape index (κ2) is 3.80. The predicted molar refractivity (Wildman–Crippen MR) is 68.8 cm³/mol. The molecule has 1 aromatic rings. The van der Waals surface area contributed by atoms with Gasteiger partial charge in [-0.05, 0) is 25.0 Å². The minimum atomic E-state index is -0.210. The van der Waals surface area contributed by atoms with Crippen molar-refractivity contribution < 1.29 is 9.59 Å². The number of amides is 2. The normalized spacial score (nSPS) is 32.7. The van der Waals surface area contributed by atoms with Crippen molar-refractivity contribution >= 4 is 17.5 Å². The molecule has 2 fully saturated rings. The summed E-state index contributed by atoms with van der Waals surface area (Å²) in [6.07, 6.45) is 1.98. The van der Waals surface area contributed by atoms with Gasteiger partial charge in [-0.2, -0.15) is 0 Å². The lowest BCUT2D eigenvalue weighted by atomic mass is 9.63. The van der Waals surface area contributed by atoms with E-state index in [-0.39, 0.29) is 29.6 Å². The van der Waals surface area contributed by atoms with E-state index in [2.05, 4.69) is 0 Å². The third kappa shape index (κ3) is 1.24. The number of allylic oxidation sites excluding steroid dienone is 1. The molecule has 92 valence electrons. The van der Waals surface area contributed by atoms with E-state index in [0.29, 0.717) is 5.69 Å². The van der Waals surface area contributed by atoms with Crippen molar-refractivity contribution in [2.45, 2.75) is 13.8 Å². The third-order valence-corrected chi connectivity index (χ3v) is 4.12. The van der Waals surface area contributed by atoms with Crippen LogP contribution < -0.4 is 4.90 Å². The molecule has 0 bridgehead atoms. The summed E-state index contributed by atoms with van der Waals surface area (Å²) >= 11 is 0. The first-order chi connectivity index (χ1) is 8.66. The molecule has 2 aliphatic rings. The first-order valence-corrected chi connectivity index (χ1v) is 6.25. The Morgan fingerprint density at radius 1 is 1.11 bits per heavy atom. The van der Waals surface area contributed by atoms with E-state index in [4.69, 9.17) is 0 Å². The van der Waals surface area contributed by atoms with Crippen molar-refractivity contribution in [3.05, 3.63) is 42.0 Å². The average molecular weight is 241 g/mol. The summed E-state index contributed by atoms with van der Waals surface area (Å²) in [6, 6.07) is 9.18. The lowest BCUT2D eigenvalue weighted by molar-refractivity contribution is -0.123. The van der Waals surface area contributed by atoms with Gasteiger partial charge in [0.05, 0.1) is 17.5 Å². The SMILES string of the molecule is C/C=C1\[C@H]2C(=O)N(c3ccccc3)C(=O)[C@@H]2[C@H]1C. The van der Waals surface area contributed by atoms with Gasteiger partial charge in [-0.25, -0.2) is 4.90 Å². The molecule has 1 aromatic carbocycles. The molecule has 1 saturated carbocycles. The van der Waals surface area contributed by atoms with E-state index in [1.165, 1.54) is 4.90 Å². The number of hydrogen-bond donors (Lipinski definition) is 0. The number of anilines is 1. The molecule has 18 heavy (non-hydrogen) atoms. The summed E-state index contributed by atoms with van der Waals surface area (Å²) in [5.74, 6) is -0.275. The summed E-state index contributed by atoms with van der Waals surface area (Å²) in [5, 5.41) is 0. The molecule has 2 amide bonds. The number of benzene rings is 1. The molecule has 3 rings (SSSR count). The highest BCUT2D eigenvalue weighted by molar-refractivity contribution is 6.24. The molecule has 3 heteroatoms. The summed E-state index contributed by atoms with van der Waals surface area (Å²) in [5.41, 5.74) is 1.79. The molecule has 1 aliphatic carbocycles. The standard InChI is InChI=1S/C15H15NO2/c1-3-11-9(2)12-13(11)15(18)16(14(12)17)10-7-5-4-6-8-10/h3-9,12-13H,1-2H3/b11-3-/t9-,12+,13+/m0/s1. The van der Waals surface area contributed by atoms with Crippen molar-refractivity contribution in [2.24, 2.45) is 17.8 Å². The second-order valence-electron chi connectivity index (χ2n) is 4.93. The van der Waals surface area contributed by atoms with Gasteiger partial charge < -0.3 is 0 Å². The molecule has 0 radical (unpaired) electrons. The van der Waals surface area contributed by atoms with Crippen LogP contribution in [0, 0.1) is 17.8 Å². The van der Waals surface area contributed by atoms with Crippen LogP contribution in [0.25, 0.3) is 0 Å². The molecular weight excluding hydrogens is 226 g/mol. The minimum absolute atomic E-state index is 0.0469. The molecule has 1 aliphatic heterocycles. The zero-order chi connectivity index (χ0) is 12.9. The van der Waals surface area contributed by atoms with Crippen molar-refractivity contribution in [2.75, 3.05) is 4.90 Å². The summed E-state index contributed by atoms with van der Waals surface area (Å²) < 4.78 is 0. The number of para-hydroxylation sites is 1. The molecule has 1 saturated heterocycles. The lowest BCUT2D eigenvalue weighted by Gasteiger charge is -2.37. The fourth-order valence-electron chi connectivity index (χ4n) is 3.19. The van der Waals surface area contributed by atoms with Crippen LogP contribution in [0.2, 0.25) is 0 Å². The molecule has 0 unspecified atom stereocenters. The third-order valence-electron chi connectivity index (χ3n) is 4.12. The van der Waals surface area contributed by atoms with Crippen molar-refractivity contribution in [3.63, 3.8) is 0 Å².